The van der Waals surface area contributed by atoms with Crippen molar-refractivity contribution in [2.45, 2.75) is 39.7 Å². The summed E-state index contributed by atoms with van der Waals surface area (Å²) in [5.41, 5.74) is 4.97. The van der Waals surface area contributed by atoms with E-state index in [9.17, 15) is 0 Å². The van der Waals surface area contributed by atoms with Gasteiger partial charge in [-0.2, -0.15) is 5.10 Å². The molecule has 0 bridgehead atoms. The van der Waals surface area contributed by atoms with Gasteiger partial charge in [0.2, 0.25) is 0 Å². The molecule has 0 radical (unpaired) electrons. The highest BCUT2D eigenvalue weighted by molar-refractivity contribution is 5.52. The summed E-state index contributed by atoms with van der Waals surface area (Å²) in [4.78, 5) is 0. The Balaban J connectivity index is 2.19. The summed E-state index contributed by atoms with van der Waals surface area (Å²) in [6, 6.07) is 8.83. The first-order chi connectivity index (χ1) is 9.11. The minimum Gasteiger partial charge on any atom is -0.378 e. The van der Waals surface area contributed by atoms with Crippen molar-refractivity contribution in [3.63, 3.8) is 0 Å². The molecule has 0 aliphatic rings. The predicted octanol–water partition coefficient (Wildman–Crippen LogP) is 3.85. The summed E-state index contributed by atoms with van der Waals surface area (Å²) in [5, 5.41) is 8.02. The van der Waals surface area contributed by atoms with Crippen LogP contribution in [0, 0.1) is 6.92 Å². The highest BCUT2D eigenvalue weighted by atomic mass is 15.3. The number of anilines is 1. The maximum atomic E-state index is 4.41. The Morgan fingerprint density at radius 3 is 2.68 bits per heavy atom. The van der Waals surface area contributed by atoms with Crippen LogP contribution >= 0.6 is 0 Å². The summed E-state index contributed by atoms with van der Waals surface area (Å²) in [5.74, 6) is 0. The summed E-state index contributed by atoms with van der Waals surface area (Å²) in [6.45, 7) is 6.46. The standard InChI is InChI=1S/C16H23N3/c1-5-8-14-9-6-7-10-16(14)17-12(2)15-11-19(4)18-13(15)3/h6-7,9-12,17H,5,8H2,1-4H3. The van der Waals surface area contributed by atoms with Crippen LogP contribution in [0.25, 0.3) is 0 Å². The van der Waals surface area contributed by atoms with Crippen LogP contribution in [0.5, 0.6) is 0 Å². The van der Waals surface area contributed by atoms with Gasteiger partial charge in [-0.25, -0.2) is 0 Å². The fraction of sp³-hybridized carbons (Fsp3) is 0.438. The number of nitrogens with zero attached hydrogens (tertiary/aromatic N) is 2. The van der Waals surface area contributed by atoms with E-state index in [4.69, 9.17) is 0 Å². The van der Waals surface area contributed by atoms with Crippen molar-refractivity contribution in [3.8, 4) is 0 Å². The molecule has 0 aliphatic carbocycles. The van der Waals surface area contributed by atoms with Crippen LogP contribution in [0.2, 0.25) is 0 Å². The normalized spacial score (nSPS) is 12.4. The molecule has 0 saturated carbocycles. The number of aromatic nitrogens is 2. The molecule has 0 saturated heterocycles. The third-order valence-corrected chi connectivity index (χ3v) is 3.43. The van der Waals surface area contributed by atoms with Gasteiger partial charge < -0.3 is 5.32 Å². The van der Waals surface area contributed by atoms with Gasteiger partial charge in [-0.1, -0.05) is 31.5 Å². The molecule has 0 fully saturated rings. The summed E-state index contributed by atoms with van der Waals surface area (Å²) < 4.78 is 1.88. The molecule has 0 amide bonds. The molecule has 1 aromatic carbocycles. The van der Waals surface area contributed by atoms with Gasteiger partial charge in [-0.3, -0.25) is 4.68 Å². The van der Waals surface area contributed by atoms with Gasteiger partial charge in [0.25, 0.3) is 0 Å². The van der Waals surface area contributed by atoms with Gasteiger partial charge in [0, 0.05) is 24.5 Å². The number of benzene rings is 1. The monoisotopic (exact) mass is 257 g/mol. The van der Waals surface area contributed by atoms with Crippen molar-refractivity contribution in [1.82, 2.24) is 9.78 Å². The topological polar surface area (TPSA) is 29.9 Å². The van der Waals surface area contributed by atoms with Crippen LogP contribution in [-0.2, 0) is 13.5 Å². The average molecular weight is 257 g/mol. The lowest BCUT2D eigenvalue weighted by atomic mass is 10.1. The van der Waals surface area contributed by atoms with Crippen molar-refractivity contribution in [2.75, 3.05) is 5.32 Å². The van der Waals surface area contributed by atoms with Gasteiger partial charge in [0.15, 0.2) is 0 Å². The predicted molar refractivity (Wildman–Crippen MR) is 80.4 cm³/mol. The van der Waals surface area contributed by atoms with Crippen LogP contribution < -0.4 is 5.32 Å². The van der Waals surface area contributed by atoms with Crippen LogP contribution in [0.1, 0.15) is 43.1 Å². The Morgan fingerprint density at radius 2 is 2.05 bits per heavy atom. The van der Waals surface area contributed by atoms with Gasteiger partial charge in [0.1, 0.15) is 0 Å². The first-order valence-electron chi connectivity index (χ1n) is 6.96. The first kappa shape index (κ1) is 13.7. The van der Waals surface area contributed by atoms with Gasteiger partial charge >= 0.3 is 0 Å². The van der Waals surface area contributed by atoms with Crippen molar-refractivity contribution in [3.05, 3.63) is 47.3 Å². The Bertz CT molecular complexity index is 543. The summed E-state index contributed by atoms with van der Waals surface area (Å²) in [7, 11) is 1.97. The van der Waals surface area contributed by atoms with Crippen LogP contribution in [0.4, 0.5) is 5.69 Å². The van der Waals surface area contributed by atoms with E-state index in [-0.39, 0.29) is 6.04 Å². The third kappa shape index (κ3) is 3.16. The molecule has 102 valence electrons. The maximum Gasteiger partial charge on any atom is 0.0646 e. The van der Waals surface area contributed by atoms with Crippen LogP contribution in [-0.4, -0.2) is 9.78 Å². The van der Waals surface area contributed by atoms with Gasteiger partial charge in [0.05, 0.1) is 11.7 Å². The molecule has 3 heteroatoms. The van der Waals surface area contributed by atoms with Crippen molar-refractivity contribution < 1.29 is 0 Å². The minimum atomic E-state index is 0.270. The fourth-order valence-electron chi connectivity index (χ4n) is 2.50. The van der Waals surface area contributed by atoms with E-state index in [2.05, 4.69) is 61.6 Å². The van der Waals surface area contributed by atoms with E-state index < -0.39 is 0 Å². The molecule has 1 unspecified atom stereocenters. The maximum absolute atomic E-state index is 4.41. The fourth-order valence-corrected chi connectivity index (χ4v) is 2.50. The zero-order valence-corrected chi connectivity index (χ0v) is 12.3. The van der Waals surface area contributed by atoms with Gasteiger partial charge in [-0.15, -0.1) is 0 Å². The number of hydrogen-bond donors (Lipinski definition) is 1. The molecule has 19 heavy (non-hydrogen) atoms. The zero-order valence-electron chi connectivity index (χ0n) is 12.3. The van der Waals surface area contributed by atoms with E-state index >= 15 is 0 Å². The molecule has 1 N–H and O–H groups in total. The van der Waals surface area contributed by atoms with Crippen molar-refractivity contribution in [1.29, 1.82) is 0 Å². The summed E-state index contributed by atoms with van der Waals surface area (Å²) >= 11 is 0. The second-order valence-corrected chi connectivity index (χ2v) is 5.12. The molecule has 3 nitrogen and oxygen atoms in total. The van der Waals surface area contributed by atoms with Crippen molar-refractivity contribution in [2.24, 2.45) is 7.05 Å². The van der Waals surface area contributed by atoms with E-state index in [0.29, 0.717) is 0 Å². The molecule has 0 spiro atoms. The number of rotatable bonds is 5. The second-order valence-electron chi connectivity index (χ2n) is 5.12. The third-order valence-electron chi connectivity index (χ3n) is 3.43. The Hall–Kier alpha value is -1.77. The summed E-state index contributed by atoms with van der Waals surface area (Å²) in [6.07, 6.45) is 4.37. The van der Waals surface area contributed by atoms with E-state index in [1.165, 1.54) is 23.2 Å². The lowest BCUT2D eigenvalue weighted by molar-refractivity contribution is 0.756. The number of para-hydroxylation sites is 1. The van der Waals surface area contributed by atoms with Crippen LogP contribution in [0.15, 0.2) is 30.5 Å². The van der Waals surface area contributed by atoms with Gasteiger partial charge in [-0.05, 0) is 31.9 Å². The number of aryl methyl sites for hydroxylation is 3. The first-order valence-corrected chi connectivity index (χ1v) is 6.96. The number of hydrogen-bond acceptors (Lipinski definition) is 2. The van der Waals surface area contributed by atoms with Crippen LogP contribution in [0.3, 0.4) is 0 Å². The second kappa shape index (κ2) is 5.91. The number of nitrogens with one attached hydrogen (secondary N) is 1. The Kier molecular flexibility index (Phi) is 4.25. The zero-order chi connectivity index (χ0) is 13.8. The largest absolute Gasteiger partial charge is 0.378 e. The van der Waals surface area contributed by atoms with E-state index in [1.54, 1.807) is 0 Å². The lowest BCUT2D eigenvalue weighted by Crippen LogP contribution is -2.09. The van der Waals surface area contributed by atoms with Crippen molar-refractivity contribution >= 4 is 5.69 Å². The van der Waals surface area contributed by atoms with E-state index in [1.807, 2.05) is 11.7 Å². The molecule has 1 atom stereocenters. The van der Waals surface area contributed by atoms with E-state index in [0.717, 1.165) is 12.1 Å². The lowest BCUT2D eigenvalue weighted by Gasteiger charge is -2.17. The smallest absolute Gasteiger partial charge is 0.0646 e. The SMILES string of the molecule is CCCc1ccccc1NC(C)c1cn(C)nc1C. The highest BCUT2D eigenvalue weighted by Gasteiger charge is 2.12. The molecule has 2 rings (SSSR count). The molecular weight excluding hydrogens is 234 g/mol. The molecule has 2 aromatic rings. The minimum absolute atomic E-state index is 0.270. The molecule has 1 aromatic heterocycles. The highest BCUT2D eigenvalue weighted by Crippen LogP contribution is 2.24. The molecule has 1 heterocycles. The molecular formula is C16H23N3. The molecule has 0 aliphatic heterocycles. The quantitative estimate of drug-likeness (QED) is 0.881. The Morgan fingerprint density at radius 1 is 1.32 bits per heavy atom. The average Bonchev–Trinajstić information content (AvgIpc) is 2.71. The Labute approximate surface area is 115 Å².